The second kappa shape index (κ2) is 9.26. The summed E-state index contributed by atoms with van der Waals surface area (Å²) in [5.41, 5.74) is 7.49. The molecule has 1 aliphatic carbocycles. The molecule has 2 N–H and O–H groups in total. The molecule has 0 spiro atoms. The van der Waals surface area contributed by atoms with Crippen LogP contribution in [0.4, 0.5) is 11.4 Å². The number of morpholine rings is 1. The monoisotopic (exact) mass is 528 g/mol. The summed E-state index contributed by atoms with van der Waals surface area (Å²) in [6, 6.07) is 7.57. The molecule has 0 atom stereocenters. The first-order chi connectivity index (χ1) is 19.0. The lowest BCUT2D eigenvalue weighted by molar-refractivity contribution is 0.102. The van der Waals surface area contributed by atoms with Gasteiger partial charge in [-0.1, -0.05) is 6.07 Å². The average Bonchev–Trinajstić information content (AvgIpc) is 3.49. The van der Waals surface area contributed by atoms with Gasteiger partial charge in [0.2, 0.25) is 0 Å². The van der Waals surface area contributed by atoms with Crippen molar-refractivity contribution in [2.45, 2.75) is 38.1 Å². The third kappa shape index (κ3) is 4.36. The molecule has 2 fully saturated rings. The number of ether oxygens (including phenoxy) is 2. The number of nitrogens with one attached hydrogen (secondary N) is 2. The Morgan fingerprint density at radius 2 is 2.00 bits per heavy atom. The van der Waals surface area contributed by atoms with Gasteiger partial charge in [0.05, 0.1) is 59.6 Å². The zero-order valence-electron chi connectivity index (χ0n) is 22.2. The molecule has 0 bridgehead atoms. The van der Waals surface area contributed by atoms with E-state index in [1.165, 1.54) is 12.8 Å². The molecule has 1 saturated heterocycles. The summed E-state index contributed by atoms with van der Waals surface area (Å²) in [7, 11) is 0. The molecule has 0 unspecified atom stereocenters. The molecule has 4 aliphatic rings. The Labute approximate surface area is 226 Å². The fraction of sp³-hybridized carbons (Fsp3) is 0.429. The van der Waals surface area contributed by atoms with E-state index in [4.69, 9.17) is 9.47 Å². The van der Waals surface area contributed by atoms with E-state index in [-0.39, 0.29) is 11.4 Å². The van der Waals surface area contributed by atoms with Crippen molar-refractivity contribution in [3.05, 3.63) is 59.9 Å². The van der Waals surface area contributed by atoms with Crippen molar-refractivity contribution in [1.29, 1.82) is 0 Å². The highest BCUT2D eigenvalue weighted by Crippen LogP contribution is 2.40. The number of carbonyl (C=O) groups excluding carboxylic acids is 1. The summed E-state index contributed by atoms with van der Waals surface area (Å²) < 4.78 is 13.8. The number of fused-ring (bicyclic) bond motifs is 3. The second-order valence-corrected chi connectivity index (χ2v) is 11.1. The molecule has 39 heavy (non-hydrogen) atoms. The predicted molar refractivity (Wildman–Crippen MR) is 147 cm³/mol. The van der Waals surface area contributed by atoms with Gasteiger partial charge in [-0.2, -0.15) is 5.10 Å². The lowest BCUT2D eigenvalue weighted by atomic mass is 10.0. The maximum Gasteiger partial charge on any atom is 0.274 e. The summed E-state index contributed by atoms with van der Waals surface area (Å²) in [5.74, 6) is 1.65. The molecule has 7 rings (SSSR count). The number of rotatable bonds is 5. The predicted octanol–water partition coefficient (Wildman–Crippen LogP) is 2.93. The van der Waals surface area contributed by atoms with Crippen molar-refractivity contribution in [3.8, 4) is 11.4 Å². The minimum atomic E-state index is -0.309. The number of benzene rings is 1. The first kappa shape index (κ1) is 24.0. The SMILES string of the molecule is CC1(C)COc2c(NC(=O)c3cc(-n4cnc(C5CC5)c4)c(N4CCOCC4)cn3)cccc2C2=NNCN21. The standard InChI is InChI=1S/C28H32N8O3/c1-28(2)15-39-25-19(26-33-31-17-36(26)28)4-3-5-20(25)32-27(37)21-12-23(35-14-22(30-16-35)18-6-7-18)24(13-29-21)34-8-10-38-11-9-34/h3-5,12-14,16,18,31H,6-11,15,17H2,1-2H3,(H,32,37). The van der Waals surface area contributed by atoms with Crippen molar-refractivity contribution < 1.29 is 14.3 Å². The Hall–Kier alpha value is -4.12. The maximum atomic E-state index is 13.6. The molecule has 3 aromatic rings. The van der Waals surface area contributed by atoms with Gasteiger partial charge in [-0.15, -0.1) is 0 Å². The molecule has 5 heterocycles. The first-order valence-electron chi connectivity index (χ1n) is 13.5. The van der Waals surface area contributed by atoms with Crippen LogP contribution in [-0.4, -0.2) is 76.3 Å². The van der Waals surface area contributed by atoms with Crippen LogP contribution in [0.1, 0.15) is 54.4 Å². The van der Waals surface area contributed by atoms with Gasteiger partial charge in [0, 0.05) is 25.2 Å². The summed E-state index contributed by atoms with van der Waals surface area (Å²) in [5, 5.41) is 7.57. The Balaban J connectivity index is 1.22. The zero-order valence-corrected chi connectivity index (χ0v) is 22.2. The fourth-order valence-corrected chi connectivity index (χ4v) is 5.38. The topological polar surface area (TPSA) is 109 Å². The van der Waals surface area contributed by atoms with Crippen LogP contribution >= 0.6 is 0 Å². The number of amides is 1. The van der Waals surface area contributed by atoms with Gasteiger partial charge >= 0.3 is 0 Å². The Kier molecular flexibility index (Phi) is 5.69. The molecule has 1 saturated carbocycles. The molecule has 202 valence electrons. The van der Waals surface area contributed by atoms with Gasteiger partial charge in [-0.3, -0.25) is 10.2 Å². The van der Waals surface area contributed by atoms with Crippen molar-refractivity contribution in [3.63, 3.8) is 0 Å². The van der Waals surface area contributed by atoms with Crippen LogP contribution in [0.2, 0.25) is 0 Å². The van der Waals surface area contributed by atoms with Gasteiger partial charge in [-0.25, -0.2) is 9.97 Å². The number of aromatic nitrogens is 3. The molecule has 1 aromatic carbocycles. The second-order valence-electron chi connectivity index (χ2n) is 11.1. The summed E-state index contributed by atoms with van der Waals surface area (Å²) in [6.07, 6.45) is 8.06. The third-order valence-electron chi connectivity index (χ3n) is 7.80. The van der Waals surface area contributed by atoms with Gasteiger partial charge in [0.25, 0.3) is 5.91 Å². The van der Waals surface area contributed by atoms with E-state index in [9.17, 15) is 4.79 Å². The number of carbonyl (C=O) groups is 1. The molecule has 0 radical (unpaired) electrons. The van der Waals surface area contributed by atoms with E-state index < -0.39 is 0 Å². The van der Waals surface area contributed by atoms with Crippen molar-refractivity contribution in [1.82, 2.24) is 24.9 Å². The van der Waals surface area contributed by atoms with Crippen LogP contribution in [0.5, 0.6) is 5.75 Å². The lowest BCUT2D eigenvalue weighted by Crippen LogP contribution is -2.49. The van der Waals surface area contributed by atoms with Gasteiger partial charge in [0.15, 0.2) is 11.6 Å². The number of hydrogen-bond donors (Lipinski definition) is 2. The third-order valence-corrected chi connectivity index (χ3v) is 7.80. The number of para-hydroxylation sites is 1. The lowest BCUT2D eigenvalue weighted by Gasteiger charge is -2.33. The van der Waals surface area contributed by atoms with E-state index in [1.807, 2.05) is 35.2 Å². The fourth-order valence-electron chi connectivity index (χ4n) is 5.38. The average molecular weight is 529 g/mol. The van der Waals surface area contributed by atoms with Crippen molar-refractivity contribution in [2.24, 2.45) is 5.10 Å². The Morgan fingerprint density at radius 3 is 2.82 bits per heavy atom. The molecule has 11 nitrogen and oxygen atoms in total. The number of anilines is 2. The van der Waals surface area contributed by atoms with Gasteiger partial charge in [-0.05, 0) is 44.9 Å². The van der Waals surface area contributed by atoms with E-state index in [0.717, 1.165) is 41.6 Å². The summed E-state index contributed by atoms with van der Waals surface area (Å²) in [6.45, 7) is 8.15. The highest BCUT2D eigenvalue weighted by Gasteiger charge is 2.38. The minimum Gasteiger partial charge on any atom is -0.488 e. The van der Waals surface area contributed by atoms with Crippen LogP contribution in [0.25, 0.3) is 5.69 Å². The smallest absolute Gasteiger partial charge is 0.274 e. The summed E-state index contributed by atoms with van der Waals surface area (Å²) in [4.78, 5) is 27.3. The number of nitrogens with zero attached hydrogens (tertiary/aromatic N) is 6. The van der Waals surface area contributed by atoms with E-state index in [1.54, 1.807) is 6.20 Å². The molecule has 3 aliphatic heterocycles. The van der Waals surface area contributed by atoms with Gasteiger partial charge < -0.3 is 29.2 Å². The van der Waals surface area contributed by atoms with E-state index in [0.29, 0.717) is 49.5 Å². The zero-order chi connectivity index (χ0) is 26.6. The van der Waals surface area contributed by atoms with Crippen LogP contribution in [-0.2, 0) is 4.74 Å². The number of hydrazone groups is 1. The van der Waals surface area contributed by atoms with Crippen molar-refractivity contribution in [2.75, 3.05) is 49.8 Å². The number of amidine groups is 1. The van der Waals surface area contributed by atoms with Crippen LogP contribution in [0.3, 0.4) is 0 Å². The molecule has 1 amide bonds. The van der Waals surface area contributed by atoms with Crippen LogP contribution in [0, 0.1) is 0 Å². The first-order valence-corrected chi connectivity index (χ1v) is 13.5. The highest BCUT2D eigenvalue weighted by molar-refractivity contribution is 6.08. The molecule has 11 heteroatoms. The Bertz CT molecular complexity index is 1450. The number of pyridine rings is 1. The normalized spacial score (nSPS) is 19.8. The number of imidazole rings is 1. The van der Waals surface area contributed by atoms with Gasteiger partial charge in [0.1, 0.15) is 19.0 Å². The van der Waals surface area contributed by atoms with Crippen LogP contribution < -0.4 is 20.4 Å². The van der Waals surface area contributed by atoms with Crippen molar-refractivity contribution >= 4 is 23.1 Å². The van der Waals surface area contributed by atoms with E-state index >= 15 is 0 Å². The molecular formula is C28H32N8O3. The highest BCUT2D eigenvalue weighted by atomic mass is 16.5. The van der Waals surface area contributed by atoms with Crippen LogP contribution in [0.15, 0.2) is 48.1 Å². The molecule has 2 aromatic heterocycles. The van der Waals surface area contributed by atoms with E-state index in [2.05, 4.69) is 55.7 Å². The quantitative estimate of drug-likeness (QED) is 0.521. The largest absolute Gasteiger partial charge is 0.488 e. The number of hydrogen-bond acceptors (Lipinski definition) is 9. The minimum absolute atomic E-state index is 0.265. The maximum absolute atomic E-state index is 13.6. The summed E-state index contributed by atoms with van der Waals surface area (Å²) >= 11 is 0. The molecular weight excluding hydrogens is 496 g/mol. The Morgan fingerprint density at radius 1 is 1.15 bits per heavy atom.